The topological polar surface area (TPSA) is 59.3 Å². The number of hydrogen-bond donors (Lipinski definition) is 1. The summed E-state index contributed by atoms with van der Waals surface area (Å²) in [6, 6.07) is 11.2. The lowest BCUT2D eigenvalue weighted by Gasteiger charge is -2.06. The highest BCUT2D eigenvalue weighted by Gasteiger charge is 2.31. The molecule has 1 aromatic heterocycles. The molecule has 3 rings (SSSR count). The van der Waals surface area contributed by atoms with E-state index in [0.29, 0.717) is 0 Å². The number of amides is 2. The predicted molar refractivity (Wildman–Crippen MR) is 64.7 cm³/mol. The lowest BCUT2D eigenvalue weighted by Crippen LogP contribution is -2.21. The maximum absolute atomic E-state index is 11.5. The van der Waals surface area contributed by atoms with Crippen molar-refractivity contribution in [3.05, 3.63) is 48.2 Å². The molecule has 2 aromatic rings. The molecule has 0 radical (unpaired) electrons. The first-order chi connectivity index (χ1) is 8.74. The molecule has 1 aromatic carbocycles. The molecule has 90 valence electrons. The van der Waals surface area contributed by atoms with E-state index in [1.165, 1.54) is 0 Å². The molecule has 1 fully saturated rings. The average molecular weight is 241 g/mol. The monoisotopic (exact) mass is 241 g/mol. The van der Waals surface area contributed by atoms with E-state index < -0.39 is 0 Å². The normalized spacial score (nSPS) is 19.0. The van der Waals surface area contributed by atoms with E-state index >= 15 is 0 Å². The smallest absolute Gasteiger partial charge is 0.234 e. The molecule has 0 bridgehead atoms. The molecule has 1 unspecified atom stereocenters. The second kappa shape index (κ2) is 4.14. The highest BCUT2D eigenvalue weighted by Crippen LogP contribution is 2.27. The minimum absolute atomic E-state index is 0.208. The predicted octanol–water partition coefficient (Wildman–Crippen LogP) is 2.08. The molecule has 1 aliphatic heterocycles. The second-order valence-electron chi connectivity index (χ2n) is 4.27. The van der Waals surface area contributed by atoms with Gasteiger partial charge in [0.05, 0.1) is 12.2 Å². The van der Waals surface area contributed by atoms with Crippen molar-refractivity contribution in [1.82, 2.24) is 5.32 Å². The Morgan fingerprint density at radius 2 is 1.89 bits per heavy atom. The Balaban J connectivity index is 1.88. The first-order valence-electron chi connectivity index (χ1n) is 5.71. The van der Waals surface area contributed by atoms with Crippen LogP contribution in [0.3, 0.4) is 0 Å². The van der Waals surface area contributed by atoms with Crippen LogP contribution in [0.1, 0.15) is 17.9 Å². The summed E-state index contributed by atoms with van der Waals surface area (Å²) in [6.07, 6.45) is 1.85. The van der Waals surface area contributed by atoms with Gasteiger partial charge in [0.15, 0.2) is 0 Å². The third-order valence-corrected chi connectivity index (χ3v) is 3.09. The van der Waals surface area contributed by atoms with E-state index in [-0.39, 0.29) is 24.2 Å². The van der Waals surface area contributed by atoms with Crippen molar-refractivity contribution in [2.75, 3.05) is 0 Å². The molecule has 0 aliphatic carbocycles. The van der Waals surface area contributed by atoms with Gasteiger partial charge < -0.3 is 4.42 Å². The van der Waals surface area contributed by atoms with E-state index in [2.05, 4.69) is 5.32 Å². The van der Waals surface area contributed by atoms with Gasteiger partial charge in [-0.05, 0) is 17.7 Å². The molecule has 1 saturated heterocycles. The van der Waals surface area contributed by atoms with Crippen molar-refractivity contribution in [3.63, 3.8) is 0 Å². The number of nitrogens with one attached hydrogen (secondary N) is 1. The summed E-state index contributed by atoms with van der Waals surface area (Å²) < 4.78 is 5.29. The van der Waals surface area contributed by atoms with Crippen molar-refractivity contribution in [1.29, 1.82) is 0 Å². The Bertz CT molecular complexity index is 584. The van der Waals surface area contributed by atoms with Gasteiger partial charge in [0.1, 0.15) is 5.76 Å². The van der Waals surface area contributed by atoms with Gasteiger partial charge in [0.25, 0.3) is 0 Å². The fourth-order valence-electron chi connectivity index (χ4n) is 2.15. The van der Waals surface area contributed by atoms with Crippen LogP contribution in [0.5, 0.6) is 0 Å². The summed E-state index contributed by atoms with van der Waals surface area (Å²) in [6.45, 7) is 0. The standard InChI is InChI=1S/C14H11NO3/c16-13-8-11(14(17)15-13)9-3-5-10(6-4-9)12-2-1-7-18-12/h1-7,11H,8H2,(H,15,16,17). The van der Waals surface area contributed by atoms with Crippen LogP contribution in [0.25, 0.3) is 11.3 Å². The zero-order valence-electron chi connectivity index (χ0n) is 9.55. The largest absolute Gasteiger partial charge is 0.464 e. The Hall–Kier alpha value is -2.36. The Labute approximate surface area is 104 Å². The Kier molecular flexibility index (Phi) is 2.48. The quantitative estimate of drug-likeness (QED) is 0.819. The zero-order valence-corrected chi connectivity index (χ0v) is 9.55. The van der Waals surface area contributed by atoms with Crippen LogP contribution >= 0.6 is 0 Å². The highest BCUT2D eigenvalue weighted by molar-refractivity contribution is 6.06. The third-order valence-electron chi connectivity index (χ3n) is 3.09. The van der Waals surface area contributed by atoms with Gasteiger partial charge >= 0.3 is 0 Å². The molecule has 1 aliphatic rings. The van der Waals surface area contributed by atoms with Crippen LogP contribution in [0, 0.1) is 0 Å². The summed E-state index contributed by atoms with van der Waals surface area (Å²) in [4.78, 5) is 22.7. The molecule has 1 atom stereocenters. The molecule has 4 nitrogen and oxygen atoms in total. The SMILES string of the molecule is O=C1CC(c2ccc(-c3ccco3)cc2)C(=O)N1. The number of rotatable bonds is 2. The molecule has 0 saturated carbocycles. The van der Waals surface area contributed by atoms with E-state index in [0.717, 1.165) is 16.9 Å². The molecular formula is C14H11NO3. The van der Waals surface area contributed by atoms with Crippen LogP contribution in [0.2, 0.25) is 0 Å². The molecule has 4 heteroatoms. The molecule has 2 amide bonds. The van der Waals surface area contributed by atoms with Gasteiger partial charge in [0, 0.05) is 12.0 Å². The van der Waals surface area contributed by atoms with E-state index in [1.54, 1.807) is 6.26 Å². The summed E-state index contributed by atoms with van der Waals surface area (Å²) in [5.74, 6) is 0.00232. The maximum Gasteiger partial charge on any atom is 0.234 e. The lowest BCUT2D eigenvalue weighted by molar-refractivity contribution is -0.125. The van der Waals surface area contributed by atoms with Crippen LogP contribution < -0.4 is 5.32 Å². The van der Waals surface area contributed by atoms with Gasteiger partial charge in [-0.1, -0.05) is 24.3 Å². The van der Waals surface area contributed by atoms with Crippen LogP contribution in [0.4, 0.5) is 0 Å². The summed E-state index contributed by atoms with van der Waals surface area (Å²) in [7, 11) is 0. The number of imide groups is 1. The fourth-order valence-corrected chi connectivity index (χ4v) is 2.15. The van der Waals surface area contributed by atoms with Gasteiger partial charge in [-0.3, -0.25) is 14.9 Å². The summed E-state index contributed by atoms with van der Waals surface area (Å²) >= 11 is 0. The van der Waals surface area contributed by atoms with Crippen molar-refractivity contribution in [2.45, 2.75) is 12.3 Å². The van der Waals surface area contributed by atoms with Crippen molar-refractivity contribution >= 4 is 11.8 Å². The second-order valence-corrected chi connectivity index (χ2v) is 4.27. The fraction of sp³-hybridized carbons (Fsp3) is 0.143. The minimum atomic E-state index is -0.358. The molecule has 18 heavy (non-hydrogen) atoms. The van der Waals surface area contributed by atoms with Crippen molar-refractivity contribution in [3.8, 4) is 11.3 Å². The van der Waals surface area contributed by atoms with Crippen LogP contribution in [-0.2, 0) is 9.59 Å². The Morgan fingerprint density at radius 1 is 1.11 bits per heavy atom. The third kappa shape index (κ3) is 1.82. The minimum Gasteiger partial charge on any atom is -0.464 e. The Morgan fingerprint density at radius 3 is 2.44 bits per heavy atom. The zero-order chi connectivity index (χ0) is 12.5. The van der Waals surface area contributed by atoms with Gasteiger partial charge in [-0.2, -0.15) is 0 Å². The van der Waals surface area contributed by atoms with E-state index in [4.69, 9.17) is 4.42 Å². The maximum atomic E-state index is 11.5. The van der Waals surface area contributed by atoms with E-state index in [9.17, 15) is 9.59 Å². The van der Waals surface area contributed by atoms with Gasteiger partial charge in [-0.25, -0.2) is 0 Å². The molecule has 0 spiro atoms. The first-order valence-corrected chi connectivity index (χ1v) is 5.71. The van der Waals surface area contributed by atoms with Crippen LogP contribution in [-0.4, -0.2) is 11.8 Å². The number of benzene rings is 1. The molecular weight excluding hydrogens is 230 g/mol. The summed E-state index contributed by atoms with van der Waals surface area (Å²) in [5.41, 5.74) is 1.81. The van der Waals surface area contributed by atoms with Gasteiger partial charge in [-0.15, -0.1) is 0 Å². The first kappa shape index (κ1) is 10.8. The number of hydrogen-bond acceptors (Lipinski definition) is 3. The van der Waals surface area contributed by atoms with Gasteiger partial charge in [0.2, 0.25) is 11.8 Å². The molecule has 1 N–H and O–H groups in total. The number of carbonyl (C=O) groups excluding carboxylic acids is 2. The number of carbonyl (C=O) groups is 2. The lowest BCUT2D eigenvalue weighted by atomic mass is 9.96. The van der Waals surface area contributed by atoms with Crippen LogP contribution in [0.15, 0.2) is 47.1 Å². The van der Waals surface area contributed by atoms with Crippen molar-refractivity contribution in [2.24, 2.45) is 0 Å². The number of furan rings is 1. The molecule has 2 heterocycles. The average Bonchev–Trinajstić information content (AvgIpc) is 2.99. The highest BCUT2D eigenvalue weighted by atomic mass is 16.3. The van der Waals surface area contributed by atoms with Crippen molar-refractivity contribution < 1.29 is 14.0 Å². The van der Waals surface area contributed by atoms with E-state index in [1.807, 2.05) is 36.4 Å². The summed E-state index contributed by atoms with van der Waals surface area (Å²) in [5, 5.41) is 2.31.